The Bertz CT molecular complexity index is 372. The molecular weight excluding hydrogens is 205 g/mol. The summed E-state index contributed by atoms with van der Waals surface area (Å²) in [5, 5.41) is 0. The molecule has 0 radical (unpaired) electrons. The van der Waals surface area contributed by atoms with E-state index in [1.54, 1.807) is 12.1 Å². The minimum atomic E-state index is -0.292. The van der Waals surface area contributed by atoms with E-state index in [0.29, 0.717) is 12.3 Å². The highest BCUT2D eigenvalue weighted by atomic mass is 19.1. The molecule has 1 aliphatic carbocycles. The van der Waals surface area contributed by atoms with Crippen LogP contribution in [-0.2, 0) is 5.41 Å². The van der Waals surface area contributed by atoms with Crippen LogP contribution in [-0.4, -0.2) is 13.7 Å². The molecule has 2 N–H and O–H groups in total. The second-order valence-electron chi connectivity index (χ2n) is 4.54. The van der Waals surface area contributed by atoms with Gasteiger partial charge in [0.25, 0.3) is 0 Å². The van der Waals surface area contributed by atoms with Gasteiger partial charge in [-0.25, -0.2) is 4.39 Å². The molecule has 0 saturated heterocycles. The largest absolute Gasteiger partial charge is 0.494 e. The SMILES string of the molecule is COc1ccc(C2(CN)CCCC2)cc1F. The van der Waals surface area contributed by atoms with E-state index in [1.807, 2.05) is 6.07 Å². The van der Waals surface area contributed by atoms with Crippen molar-refractivity contribution in [3.05, 3.63) is 29.6 Å². The van der Waals surface area contributed by atoms with Gasteiger partial charge in [0.15, 0.2) is 11.6 Å². The van der Waals surface area contributed by atoms with Crippen LogP contribution in [0.1, 0.15) is 31.2 Å². The topological polar surface area (TPSA) is 35.2 Å². The summed E-state index contributed by atoms with van der Waals surface area (Å²) in [6.45, 7) is 0.596. The Morgan fingerprint density at radius 1 is 1.38 bits per heavy atom. The van der Waals surface area contributed by atoms with Gasteiger partial charge >= 0.3 is 0 Å². The number of benzene rings is 1. The van der Waals surface area contributed by atoms with Crippen LogP contribution in [0.5, 0.6) is 5.75 Å². The van der Waals surface area contributed by atoms with Gasteiger partial charge in [-0.05, 0) is 30.5 Å². The first kappa shape index (κ1) is 11.4. The summed E-state index contributed by atoms with van der Waals surface area (Å²) in [5.41, 5.74) is 6.88. The van der Waals surface area contributed by atoms with Gasteiger partial charge in [0, 0.05) is 12.0 Å². The van der Waals surface area contributed by atoms with Gasteiger partial charge in [0.2, 0.25) is 0 Å². The van der Waals surface area contributed by atoms with Crippen molar-refractivity contribution in [3.8, 4) is 5.75 Å². The van der Waals surface area contributed by atoms with Crippen molar-refractivity contribution < 1.29 is 9.13 Å². The minimum Gasteiger partial charge on any atom is -0.494 e. The molecule has 1 aromatic carbocycles. The molecule has 2 rings (SSSR count). The molecule has 0 bridgehead atoms. The number of halogens is 1. The molecule has 0 spiro atoms. The van der Waals surface area contributed by atoms with Gasteiger partial charge < -0.3 is 10.5 Å². The maximum absolute atomic E-state index is 13.6. The standard InChI is InChI=1S/C13H18FNO/c1-16-12-5-4-10(8-11(12)14)13(9-15)6-2-3-7-13/h4-5,8H,2-3,6-7,9,15H2,1H3. The third-order valence-electron chi connectivity index (χ3n) is 3.72. The highest BCUT2D eigenvalue weighted by Gasteiger charge is 2.34. The molecule has 1 aliphatic rings. The van der Waals surface area contributed by atoms with Crippen molar-refractivity contribution in [3.63, 3.8) is 0 Å². The summed E-state index contributed by atoms with van der Waals surface area (Å²) in [7, 11) is 1.48. The van der Waals surface area contributed by atoms with Crippen molar-refractivity contribution in [2.75, 3.05) is 13.7 Å². The quantitative estimate of drug-likeness (QED) is 0.854. The predicted molar refractivity (Wildman–Crippen MR) is 62.2 cm³/mol. The Morgan fingerprint density at radius 2 is 2.06 bits per heavy atom. The van der Waals surface area contributed by atoms with E-state index in [-0.39, 0.29) is 11.2 Å². The number of hydrogen-bond donors (Lipinski definition) is 1. The zero-order valence-electron chi connectivity index (χ0n) is 9.63. The van der Waals surface area contributed by atoms with Crippen LogP contribution >= 0.6 is 0 Å². The van der Waals surface area contributed by atoms with Crippen molar-refractivity contribution in [2.45, 2.75) is 31.1 Å². The monoisotopic (exact) mass is 223 g/mol. The lowest BCUT2D eigenvalue weighted by Crippen LogP contribution is -2.32. The summed E-state index contributed by atoms with van der Waals surface area (Å²) in [6, 6.07) is 5.22. The van der Waals surface area contributed by atoms with Gasteiger partial charge in [-0.3, -0.25) is 0 Å². The Balaban J connectivity index is 2.36. The highest BCUT2D eigenvalue weighted by Crippen LogP contribution is 2.41. The van der Waals surface area contributed by atoms with Crippen molar-refractivity contribution >= 4 is 0 Å². The molecule has 0 unspecified atom stereocenters. The second kappa shape index (κ2) is 4.42. The van der Waals surface area contributed by atoms with Gasteiger partial charge in [-0.15, -0.1) is 0 Å². The van der Waals surface area contributed by atoms with Crippen LogP contribution in [0.25, 0.3) is 0 Å². The normalized spacial score (nSPS) is 18.7. The van der Waals surface area contributed by atoms with Crippen LogP contribution in [0.2, 0.25) is 0 Å². The van der Waals surface area contributed by atoms with E-state index in [4.69, 9.17) is 10.5 Å². The molecule has 0 aromatic heterocycles. The highest BCUT2D eigenvalue weighted by molar-refractivity contribution is 5.35. The molecule has 1 aromatic rings. The van der Waals surface area contributed by atoms with Crippen molar-refractivity contribution in [1.29, 1.82) is 0 Å². The number of rotatable bonds is 3. The van der Waals surface area contributed by atoms with Gasteiger partial charge in [0.05, 0.1) is 7.11 Å². The Hall–Kier alpha value is -1.09. The average Bonchev–Trinajstić information content (AvgIpc) is 2.78. The first-order chi connectivity index (χ1) is 7.72. The van der Waals surface area contributed by atoms with E-state index < -0.39 is 0 Å². The van der Waals surface area contributed by atoms with E-state index in [0.717, 1.165) is 18.4 Å². The van der Waals surface area contributed by atoms with Gasteiger partial charge in [-0.1, -0.05) is 18.9 Å². The molecule has 2 nitrogen and oxygen atoms in total. The van der Waals surface area contributed by atoms with Crippen LogP contribution in [0.4, 0.5) is 4.39 Å². The van der Waals surface area contributed by atoms with Gasteiger partial charge in [-0.2, -0.15) is 0 Å². The van der Waals surface area contributed by atoms with Gasteiger partial charge in [0.1, 0.15) is 0 Å². The molecule has 0 heterocycles. The first-order valence-corrected chi connectivity index (χ1v) is 5.76. The van der Waals surface area contributed by atoms with Crippen LogP contribution < -0.4 is 10.5 Å². The third kappa shape index (κ3) is 1.80. The predicted octanol–water partition coefficient (Wildman–Crippen LogP) is 2.60. The third-order valence-corrected chi connectivity index (χ3v) is 3.72. The number of nitrogens with two attached hydrogens (primary N) is 1. The second-order valence-corrected chi connectivity index (χ2v) is 4.54. The molecule has 0 aliphatic heterocycles. The summed E-state index contributed by atoms with van der Waals surface area (Å²) in [4.78, 5) is 0. The fourth-order valence-electron chi connectivity index (χ4n) is 2.66. The minimum absolute atomic E-state index is 0.00683. The van der Waals surface area contributed by atoms with E-state index in [1.165, 1.54) is 20.0 Å². The maximum atomic E-state index is 13.6. The Labute approximate surface area is 95.6 Å². The first-order valence-electron chi connectivity index (χ1n) is 5.76. The van der Waals surface area contributed by atoms with E-state index in [2.05, 4.69) is 0 Å². The summed E-state index contributed by atoms with van der Waals surface area (Å²) < 4.78 is 18.6. The summed E-state index contributed by atoms with van der Waals surface area (Å²) >= 11 is 0. The van der Waals surface area contributed by atoms with E-state index in [9.17, 15) is 4.39 Å². The summed E-state index contributed by atoms with van der Waals surface area (Å²) in [5.74, 6) is 0.00800. The van der Waals surface area contributed by atoms with Crippen LogP contribution in [0, 0.1) is 5.82 Å². The lowest BCUT2D eigenvalue weighted by molar-refractivity contribution is 0.383. The smallest absolute Gasteiger partial charge is 0.165 e. The van der Waals surface area contributed by atoms with E-state index >= 15 is 0 Å². The molecule has 3 heteroatoms. The Kier molecular flexibility index (Phi) is 3.15. The maximum Gasteiger partial charge on any atom is 0.165 e. The molecule has 16 heavy (non-hydrogen) atoms. The zero-order valence-corrected chi connectivity index (χ0v) is 9.63. The van der Waals surface area contributed by atoms with Crippen molar-refractivity contribution in [1.82, 2.24) is 0 Å². The lowest BCUT2D eigenvalue weighted by Gasteiger charge is -2.28. The molecular formula is C13H18FNO. The summed E-state index contributed by atoms with van der Waals surface area (Å²) in [6.07, 6.45) is 4.50. The zero-order chi connectivity index (χ0) is 11.6. The molecule has 88 valence electrons. The van der Waals surface area contributed by atoms with Crippen molar-refractivity contribution in [2.24, 2.45) is 5.73 Å². The molecule has 1 saturated carbocycles. The number of hydrogen-bond acceptors (Lipinski definition) is 2. The average molecular weight is 223 g/mol. The molecule has 0 amide bonds. The van der Waals surface area contributed by atoms with Crippen LogP contribution in [0.3, 0.4) is 0 Å². The van der Waals surface area contributed by atoms with Crippen LogP contribution in [0.15, 0.2) is 18.2 Å². The molecule has 0 atom stereocenters. The Morgan fingerprint density at radius 3 is 2.56 bits per heavy atom. The fraction of sp³-hybridized carbons (Fsp3) is 0.538. The lowest BCUT2D eigenvalue weighted by atomic mass is 9.79. The number of ether oxygens (including phenoxy) is 1. The molecule has 1 fully saturated rings. The number of methoxy groups -OCH3 is 1. The fourth-order valence-corrected chi connectivity index (χ4v) is 2.66.